The molecule has 0 atom stereocenters. The second kappa shape index (κ2) is 5.91. The topological polar surface area (TPSA) is 64.1 Å². The molecule has 1 aromatic heterocycles. The second-order valence-electron chi connectivity index (χ2n) is 5.11. The van der Waals surface area contributed by atoms with Gasteiger partial charge in [-0.3, -0.25) is 4.79 Å². The zero-order valence-electron chi connectivity index (χ0n) is 11.9. The van der Waals surface area contributed by atoms with Gasteiger partial charge in [0, 0.05) is 18.0 Å². The Morgan fingerprint density at radius 3 is 2.71 bits per heavy atom. The molecule has 1 aliphatic rings. The molecule has 0 radical (unpaired) electrons. The lowest BCUT2D eigenvalue weighted by molar-refractivity contribution is 0.0944. The molecule has 108 valence electrons. The van der Waals surface area contributed by atoms with Crippen molar-refractivity contribution in [3.8, 4) is 5.75 Å². The summed E-state index contributed by atoms with van der Waals surface area (Å²) in [6.07, 6.45) is 2.35. The number of carbonyl (C=O) groups is 1. The molecule has 0 saturated heterocycles. The number of hydrogen-bond donors (Lipinski definition) is 1. The van der Waals surface area contributed by atoms with Crippen molar-refractivity contribution >= 4 is 5.91 Å². The molecule has 1 fully saturated rings. The first-order chi connectivity index (χ1) is 10.3. The first kappa shape index (κ1) is 13.5. The summed E-state index contributed by atoms with van der Waals surface area (Å²) in [6.45, 7) is 0.398. The average molecular weight is 283 g/mol. The number of aromatic nitrogens is 2. The molecule has 1 aromatic carbocycles. The first-order valence-corrected chi connectivity index (χ1v) is 7.01. The molecule has 5 heteroatoms. The van der Waals surface area contributed by atoms with Crippen LogP contribution in [-0.2, 0) is 6.54 Å². The van der Waals surface area contributed by atoms with Gasteiger partial charge in [0.15, 0.2) is 5.69 Å². The third-order valence-electron chi connectivity index (χ3n) is 3.55. The molecule has 0 unspecified atom stereocenters. The Balaban J connectivity index is 1.63. The highest BCUT2D eigenvalue weighted by atomic mass is 16.5. The molecule has 0 spiro atoms. The summed E-state index contributed by atoms with van der Waals surface area (Å²) < 4.78 is 5.25. The van der Waals surface area contributed by atoms with Crippen LogP contribution in [-0.4, -0.2) is 23.2 Å². The highest BCUT2D eigenvalue weighted by molar-refractivity contribution is 5.92. The largest absolute Gasteiger partial charge is 0.496 e. The molecule has 21 heavy (non-hydrogen) atoms. The molecule has 1 N–H and O–H groups in total. The van der Waals surface area contributed by atoms with E-state index >= 15 is 0 Å². The summed E-state index contributed by atoms with van der Waals surface area (Å²) in [5.41, 5.74) is 2.25. The van der Waals surface area contributed by atoms with Gasteiger partial charge in [-0.2, -0.15) is 5.10 Å². The van der Waals surface area contributed by atoms with Gasteiger partial charge in [-0.15, -0.1) is 5.10 Å². The van der Waals surface area contributed by atoms with Crippen LogP contribution in [0.2, 0.25) is 0 Å². The summed E-state index contributed by atoms with van der Waals surface area (Å²) in [7, 11) is 1.61. The van der Waals surface area contributed by atoms with E-state index in [0.29, 0.717) is 18.2 Å². The number of benzene rings is 1. The van der Waals surface area contributed by atoms with Crippen LogP contribution in [0.25, 0.3) is 0 Å². The Labute approximate surface area is 123 Å². The van der Waals surface area contributed by atoms with Crippen molar-refractivity contribution in [1.29, 1.82) is 0 Å². The van der Waals surface area contributed by atoms with Crippen molar-refractivity contribution in [2.24, 2.45) is 0 Å². The second-order valence-corrected chi connectivity index (χ2v) is 5.11. The number of rotatable bonds is 5. The van der Waals surface area contributed by atoms with Crippen LogP contribution in [0.5, 0.6) is 5.75 Å². The summed E-state index contributed by atoms with van der Waals surface area (Å²) in [5.74, 6) is 1.08. The van der Waals surface area contributed by atoms with E-state index in [1.54, 1.807) is 13.2 Å². The van der Waals surface area contributed by atoms with E-state index in [4.69, 9.17) is 4.74 Å². The SMILES string of the molecule is COc1ccccc1CNC(=O)c1ccc(C2CC2)nn1. The fourth-order valence-electron chi connectivity index (χ4n) is 2.18. The number of para-hydroxylation sites is 1. The number of carbonyl (C=O) groups excluding carboxylic acids is 1. The van der Waals surface area contributed by atoms with Gasteiger partial charge in [-0.25, -0.2) is 0 Å². The number of ether oxygens (including phenoxy) is 1. The maximum absolute atomic E-state index is 12.1. The van der Waals surface area contributed by atoms with Gasteiger partial charge < -0.3 is 10.1 Å². The molecule has 1 aliphatic carbocycles. The van der Waals surface area contributed by atoms with Gasteiger partial charge in [0.05, 0.1) is 12.8 Å². The van der Waals surface area contributed by atoms with Crippen molar-refractivity contribution < 1.29 is 9.53 Å². The van der Waals surface area contributed by atoms with Crippen molar-refractivity contribution in [3.05, 3.63) is 53.3 Å². The van der Waals surface area contributed by atoms with Gasteiger partial charge in [-0.05, 0) is 31.0 Å². The van der Waals surface area contributed by atoms with Gasteiger partial charge in [0.2, 0.25) is 0 Å². The highest BCUT2D eigenvalue weighted by Crippen LogP contribution is 2.38. The summed E-state index contributed by atoms with van der Waals surface area (Å²) in [5, 5.41) is 10.9. The Morgan fingerprint density at radius 2 is 2.05 bits per heavy atom. The zero-order chi connectivity index (χ0) is 14.7. The third-order valence-corrected chi connectivity index (χ3v) is 3.55. The molecule has 1 amide bonds. The number of nitrogens with zero attached hydrogens (tertiary/aromatic N) is 2. The van der Waals surface area contributed by atoms with Crippen molar-refractivity contribution in [2.75, 3.05) is 7.11 Å². The number of methoxy groups -OCH3 is 1. The number of hydrogen-bond acceptors (Lipinski definition) is 4. The van der Waals surface area contributed by atoms with Crippen LogP contribution in [0.15, 0.2) is 36.4 Å². The first-order valence-electron chi connectivity index (χ1n) is 7.01. The molecule has 2 aromatic rings. The Hall–Kier alpha value is -2.43. The van der Waals surface area contributed by atoms with E-state index in [0.717, 1.165) is 17.0 Å². The number of amides is 1. The monoisotopic (exact) mass is 283 g/mol. The lowest BCUT2D eigenvalue weighted by Crippen LogP contribution is -2.24. The highest BCUT2D eigenvalue weighted by Gasteiger charge is 2.25. The maximum Gasteiger partial charge on any atom is 0.272 e. The zero-order valence-corrected chi connectivity index (χ0v) is 11.9. The number of nitrogens with one attached hydrogen (secondary N) is 1. The standard InChI is InChI=1S/C16H17N3O2/c1-21-15-5-3-2-4-12(15)10-17-16(20)14-9-8-13(18-19-14)11-6-7-11/h2-5,8-9,11H,6-7,10H2,1H3,(H,17,20). The minimum atomic E-state index is -0.226. The van der Waals surface area contributed by atoms with Gasteiger partial charge in [0.1, 0.15) is 5.75 Å². The van der Waals surface area contributed by atoms with E-state index in [1.807, 2.05) is 30.3 Å². The Bertz CT molecular complexity index is 636. The molecule has 1 saturated carbocycles. The Morgan fingerprint density at radius 1 is 1.24 bits per heavy atom. The molecule has 3 rings (SSSR count). The summed E-state index contributed by atoms with van der Waals surface area (Å²) >= 11 is 0. The van der Waals surface area contributed by atoms with Gasteiger partial charge in [0.25, 0.3) is 5.91 Å². The summed E-state index contributed by atoms with van der Waals surface area (Å²) in [4.78, 5) is 12.1. The lowest BCUT2D eigenvalue weighted by atomic mass is 10.2. The third kappa shape index (κ3) is 3.18. The van der Waals surface area contributed by atoms with E-state index in [9.17, 15) is 4.79 Å². The predicted octanol–water partition coefficient (Wildman–Crippen LogP) is 2.29. The van der Waals surface area contributed by atoms with Crippen LogP contribution in [0.1, 0.15) is 40.5 Å². The molecular formula is C16H17N3O2. The van der Waals surface area contributed by atoms with Crippen molar-refractivity contribution in [1.82, 2.24) is 15.5 Å². The van der Waals surface area contributed by atoms with Crippen LogP contribution < -0.4 is 10.1 Å². The van der Waals surface area contributed by atoms with Crippen molar-refractivity contribution in [2.45, 2.75) is 25.3 Å². The minimum absolute atomic E-state index is 0.226. The van der Waals surface area contributed by atoms with Crippen LogP contribution in [0, 0.1) is 0 Å². The van der Waals surface area contributed by atoms with E-state index in [-0.39, 0.29) is 5.91 Å². The summed E-state index contributed by atoms with van der Waals surface area (Å²) in [6, 6.07) is 11.2. The van der Waals surface area contributed by atoms with Gasteiger partial charge in [-0.1, -0.05) is 18.2 Å². The predicted molar refractivity (Wildman–Crippen MR) is 78.2 cm³/mol. The quantitative estimate of drug-likeness (QED) is 0.914. The maximum atomic E-state index is 12.1. The van der Waals surface area contributed by atoms with E-state index in [1.165, 1.54) is 12.8 Å². The fourth-order valence-corrected chi connectivity index (χ4v) is 2.18. The van der Waals surface area contributed by atoms with Gasteiger partial charge >= 0.3 is 0 Å². The smallest absolute Gasteiger partial charge is 0.272 e. The normalized spacial score (nSPS) is 13.8. The van der Waals surface area contributed by atoms with Crippen molar-refractivity contribution in [3.63, 3.8) is 0 Å². The van der Waals surface area contributed by atoms with Crippen LogP contribution in [0.4, 0.5) is 0 Å². The molecule has 5 nitrogen and oxygen atoms in total. The minimum Gasteiger partial charge on any atom is -0.496 e. The Kier molecular flexibility index (Phi) is 3.81. The average Bonchev–Trinajstić information content (AvgIpc) is 3.38. The molecule has 0 aliphatic heterocycles. The van der Waals surface area contributed by atoms with E-state index in [2.05, 4.69) is 15.5 Å². The molecule has 1 heterocycles. The molecule has 0 bridgehead atoms. The molecular weight excluding hydrogens is 266 g/mol. The lowest BCUT2D eigenvalue weighted by Gasteiger charge is -2.09. The van der Waals surface area contributed by atoms with E-state index < -0.39 is 0 Å². The fraction of sp³-hybridized carbons (Fsp3) is 0.312. The van der Waals surface area contributed by atoms with Crippen LogP contribution in [0.3, 0.4) is 0 Å². The van der Waals surface area contributed by atoms with Crippen LogP contribution >= 0.6 is 0 Å².